The minimum Gasteiger partial charge on any atom is -0.367 e. The number of anilines is 3. The van der Waals surface area contributed by atoms with E-state index in [1.54, 1.807) is 41.9 Å². The lowest BCUT2D eigenvalue weighted by Gasteiger charge is -2.12. The Morgan fingerprint density at radius 2 is 2.16 bits per heavy atom. The molecule has 0 atom stereocenters. The number of rotatable bonds is 7. The number of fused-ring (bicyclic) bond motifs is 1. The topological polar surface area (TPSA) is 112 Å². The van der Waals surface area contributed by atoms with Crippen molar-refractivity contribution in [3.05, 3.63) is 52.6 Å². The number of benzene rings is 1. The molecule has 3 aromatic rings. The fourth-order valence-electron chi connectivity index (χ4n) is 2.96. The van der Waals surface area contributed by atoms with Gasteiger partial charge in [0.15, 0.2) is 5.65 Å². The number of amides is 3. The van der Waals surface area contributed by atoms with Gasteiger partial charge in [-0.05, 0) is 38.0 Å². The summed E-state index contributed by atoms with van der Waals surface area (Å²) in [6, 6.07) is 5.97. The van der Waals surface area contributed by atoms with Crippen LogP contribution in [0.2, 0.25) is 5.02 Å². The van der Waals surface area contributed by atoms with E-state index < -0.39 is 11.8 Å². The van der Waals surface area contributed by atoms with Gasteiger partial charge in [0, 0.05) is 23.4 Å². The molecular formula is C20H19ClFN7O2. The Kier molecular flexibility index (Phi) is 5.72. The average Bonchev–Trinajstić information content (AvgIpc) is 3.45. The molecule has 31 heavy (non-hydrogen) atoms. The van der Waals surface area contributed by atoms with Crippen molar-refractivity contribution < 1.29 is 14.0 Å². The lowest BCUT2D eigenvalue weighted by Crippen LogP contribution is -2.33. The van der Waals surface area contributed by atoms with Crippen LogP contribution >= 0.6 is 11.6 Å². The number of allylic oxidation sites excluding steroid dienone is 1. The molecule has 4 rings (SSSR count). The van der Waals surface area contributed by atoms with Crippen molar-refractivity contribution in [2.24, 2.45) is 0 Å². The van der Waals surface area contributed by atoms with E-state index in [2.05, 4.69) is 26.0 Å². The van der Waals surface area contributed by atoms with Crippen LogP contribution in [0.5, 0.6) is 0 Å². The first-order valence-corrected chi connectivity index (χ1v) is 9.88. The van der Waals surface area contributed by atoms with Gasteiger partial charge in [-0.3, -0.25) is 10.1 Å². The van der Waals surface area contributed by atoms with Crippen LogP contribution in [0.3, 0.4) is 0 Å². The van der Waals surface area contributed by atoms with E-state index in [1.807, 2.05) is 5.32 Å². The van der Waals surface area contributed by atoms with Crippen LogP contribution in [0.1, 0.15) is 25.3 Å². The summed E-state index contributed by atoms with van der Waals surface area (Å²) in [4.78, 5) is 26.5. The highest BCUT2D eigenvalue weighted by atomic mass is 35.5. The van der Waals surface area contributed by atoms with Crippen LogP contribution in [0, 0.1) is 5.82 Å². The van der Waals surface area contributed by atoms with Crippen LogP contribution in [0.4, 0.5) is 26.5 Å². The molecule has 0 saturated heterocycles. The fraction of sp³-hybridized carbons (Fsp3) is 0.200. The second-order valence-electron chi connectivity index (χ2n) is 7.05. The van der Waals surface area contributed by atoms with Gasteiger partial charge in [-0.15, -0.1) is 0 Å². The van der Waals surface area contributed by atoms with Crippen molar-refractivity contribution in [1.29, 1.82) is 0 Å². The van der Waals surface area contributed by atoms with Gasteiger partial charge in [0.05, 0.1) is 16.9 Å². The largest absolute Gasteiger partial charge is 0.367 e. The van der Waals surface area contributed by atoms with Crippen LogP contribution in [0.25, 0.3) is 11.7 Å². The summed E-state index contributed by atoms with van der Waals surface area (Å²) in [7, 11) is 0. The number of nitrogens with one attached hydrogen (secondary N) is 4. The van der Waals surface area contributed by atoms with Gasteiger partial charge in [0.2, 0.25) is 6.41 Å². The summed E-state index contributed by atoms with van der Waals surface area (Å²) in [5.41, 5.74) is 2.02. The number of nitrogens with zero attached hydrogens (tertiary/aromatic N) is 3. The first kappa shape index (κ1) is 20.6. The molecule has 2 heterocycles. The molecule has 3 amide bonds. The SMILES string of the molecule is C/C(=C/c1cnn2c(NC3CC3)cc(Nc3cccc(F)c3Cl)nc12)NC(=O)NC=O. The number of carbonyl (C=O) groups is 2. The zero-order chi connectivity index (χ0) is 22.0. The van der Waals surface area contributed by atoms with Crippen molar-refractivity contribution in [3.63, 3.8) is 0 Å². The molecule has 0 bridgehead atoms. The number of hydrogen-bond donors (Lipinski definition) is 4. The third kappa shape index (κ3) is 4.75. The van der Waals surface area contributed by atoms with Gasteiger partial charge in [0.1, 0.15) is 17.5 Å². The zero-order valence-electron chi connectivity index (χ0n) is 16.4. The van der Waals surface area contributed by atoms with Crippen molar-refractivity contribution in [3.8, 4) is 0 Å². The Hall–Kier alpha value is -3.66. The van der Waals surface area contributed by atoms with Crippen LogP contribution in [0.15, 0.2) is 36.2 Å². The highest BCUT2D eigenvalue weighted by Gasteiger charge is 2.23. The van der Waals surface area contributed by atoms with E-state index in [9.17, 15) is 14.0 Å². The second-order valence-corrected chi connectivity index (χ2v) is 7.43. The predicted molar refractivity (Wildman–Crippen MR) is 116 cm³/mol. The third-order valence-electron chi connectivity index (χ3n) is 4.52. The van der Waals surface area contributed by atoms with Gasteiger partial charge < -0.3 is 16.0 Å². The quantitative estimate of drug-likeness (QED) is 0.414. The number of imide groups is 1. The molecule has 2 aromatic heterocycles. The van der Waals surface area contributed by atoms with Gasteiger partial charge in [-0.2, -0.15) is 9.61 Å². The molecule has 0 aliphatic heterocycles. The number of carbonyl (C=O) groups excluding carboxylic acids is 2. The van der Waals surface area contributed by atoms with Crippen LogP contribution in [-0.4, -0.2) is 33.1 Å². The summed E-state index contributed by atoms with van der Waals surface area (Å²) in [6.45, 7) is 1.67. The molecule has 1 fully saturated rings. The molecule has 11 heteroatoms. The smallest absolute Gasteiger partial charge is 0.325 e. The lowest BCUT2D eigenvalue weighted by atomic mass is 10.2. The van der Waals surface area contributed by atoms with Gasteiger partial charge in [0.25, 0.3) is 0 Å². The Morgan fingerprint density at radius 3 is 2.90 bits per heavy atom. The standard InChI is InChI=1S/C20H19ClFN7O2/c1-11(25-20(31)23-10-30)7-12-9-24-29-17(26-13-5-6-13)8-16(28-19(12)29)27-15-4-2-3-14(22)18(15)21/h2-4,7-10,13,26H,5-6H2,1H3,(H,27,28)(H2,23,25,30,31)/b11-7-. The van der Waals surface area contributed by atoms with Crippen molar-refractivity contribution >= 4 is 53.1 Å². The molecule has 0 spiro atoms. The molecular weight excluding hydrogens is 425 g/mol. The molecule has 1 aromatic carbocycles. The van der Waals surface area contributed by atoms with E-state index >= 15 is 0 Å². The molecule has 0 unspecified atom stereocenters. The van der Waals surface area contributed by atoms with Crippen molar-refractivity contribution in [2.75, 3.05) is 10.6 Å². The lowest BCUT2D eigenvalue weighted by molar-refractivity contribution is -0.108. The molecule has 160 valence electrons. The molecule has 1 aliphatic carbocycles. The van der Waals surface area contributed by atoms with Crippen LogP contribution < -0.4 is 21.3 Å². The Balaban J connectivity index is 1.72. The van der Waals surface area contributed by atoms with Gasteiger partial charge >= 0.3 is 6.03 Å². The zero-order valence-corrected chi connectivity index (χ0v) is 17.2. The van der Waals surface area contributed by atoms with Crippen molar-refractivity contribution in [1.82, 2.24) is 25.2 Å². The van der Waals surface area contributed by atoms with Crippen molar-refractivity contribution in [2.45, 2.75) is 25.8 Å². The first-order valence-electron chi connectivity index (χ1n) is 9.50. The third-order valence-corrected chi connectivity index (χ3v) is 4.90. The normalized spacial score (nSPS) is 13.7. The van der Waals surface area contributed by atoms with E-state index in [1.165, 1.54) is 6.07 Å². The number of urea groups is 1. The average molecular weight is 444 g/mol. The van der Waals surface area contributed by atoms with E-state index in [4.69, 9.17) is 11.6 Å². The highest BCUT2D eigenvalue weighted by Crippen LogP contribution is 2.31. The number of halogens is 2. The summed E-state index contributed by atoms with van der Waals surface area (Å²) in [6.07, 6.45) is 5.71. The second kappa shape index (κ2) is 8.60. The Morgan fingerprint density at radius 1 is 1.35 bits per heavy atom. The molecule has 9 nitrogen and oxygen atoms in total. The van der Waals surface area contributed by atoms with Gasteiger partial charge in [-0.25, -0.2) is 14.2 Å². The highest BCUT2D eigenvalue weighted by molar-refractivity contribution is 6.33. The Labute approximate surface area is 181 Å². The molecule has 0 radical (unpaired) electrons. The predicted octanol–water partition coefficient (Wildman–Crippen LogP) is 3.66. The minimum absolute atomic E-state index is 0.0317. The van der Waals surface area contributed by atoms with E-state index in [0.717, 1.165) is 12.8 Å². The molecule has 1 saturated carbocycles. The monoisotopic (exact) mass is 443 g/mol. The minimum atomic E-state index is -0.646. The van der Waals surface area contributed by atoms with Gasteiger partial charge in [-0.1, -0.05) is 17.7 Å². The Bertz CT molecular complexity index is 1190. The fourth-order valence-corrected chi connectivity index (χ4v) is 3.13. The maximum absolute atomic E-state index is 13.8. The first-order chi connectivity index (χ1) is 14.9. The van der Waals surface area contributed by atoms with E-state index in [0.29, 0.717) is 46.7 Å². The number of aromatic nitrogens is 3. The summed E-state index contributed by atoms with van der Waals surface area (Å²) in [5, 5.41) is 15.4. The molecule has 1 aliphatic rings. The maximum Gasteiger partial charge on any atom is 0.325 e. The van der Waals surface area contributed by atoms with Crippen LogP contribution in [-0.2, 0) is 4.79 Å². The van der Waals surface area contributed by atoms with E-state index in [-0.39, 0.29) is 5.02 Å². The summed E-state index contributed by atoms with van der Waals surface area (Å²) in [5.74, 6) is 0.626. The summed E-state index contributed by atoms with van der Waals surface area (Å²) < 4.78 is 15.5. The molecule has 4 N–H and O–H groups in total. The number of hydrogen-bond acceptors (Lipinski definition) is 6. The maximum atomic E-state index is 13.8. The summed E-state index contributed by atoms with van der Waals surface area (Å²) >= 11 is 6.07.